The van der Waals surface area contributed by atoms with Gasteiger partial charge in [-0.05, 0) is 30.7 Å². The van der Waals surface area contributed by atoms with Crippen molar-refractivity contribution in [2.75, 3.05) is 20.3 Å². The first kappa shape index (κ1) is 14.3. The molecular weight excluding hydrogens is 274 g/mol. The van der Waals surface area contributed by atoms with Crippen molar-refractivity contribution in [3.8, 4) is 5.75 Å². The molecule has 3 rings (SSSR count). The number of carbonyl (C=O) groups excluding carboxylic acids is 1. The van der Waals surface area contributed by atoms with Crippen molar-refractivity contribution >= 4 is 5.91 Å². The molecular formula is C15H19NO5. The molecule has 6 heteroatoms. The van der Waals surface area contributed by atoms with E-state index in [1.807, 2.05) is 6.92 Å². The van der Waals surface area contributed by atoms with Crippen molar-refractivity contribution in [3.05, 3.63) is 29.3 Å². The summed E-state index contributed by atoms with van der Waals surface area (Å²) in [5.74, 6) is 0.568. The van der Waals surface area contributed by atoms with Crippen LogP contribution in [0.4, 0.5) is 0 Å². The number of ether oxygens (including phenoxy) is 3. The number of rotatable bonds is 3. The highest BCUT2D eigenvalue weighted by Gasteiger charge is 2.47. The van der Waals surface area contributed by atoms with E-state index >= 15 is 0 Å². The fraction of sp³-hybridized carbons (Fsp3) is 0.533. The molecule has 1 amide bonds. The molecule has 2 saturated heterocycles. The van der Waals surface area contributed by atoms with E-state index in [0.717, 1.165) is 11.3 Å². The van der Waals surface area contributed by atoms with E-state index in [1.54, 1.807) is 25.3 Å². The van der Waals surface area contributed by atoms with Crippen molar-refractivity contribution in [2.24, 2.45) is 0 Å². The average Bonchev–Trinajstić information content (AvgIpc) is 3.03. The van der Waals surface area contributed by atoms with E-state index in [4.69, 9.17) is 14.2 Å². The van der Waals surface area contributed by atoms with Crippen LogP contribution in [-0.2, 0) is 9.47 Å². The first-order valence-electron chi connectivity index (χ1n) is 6.97. The Labute approximate surface area is 123 Å². The monoisotopic (exact) mass is 293 g/mol. The quantitative estimate of drug-likeness (QED) is 0.836. The summed E-state index contributed by atoms with van der Waals surface area (Å²) in [6.45, 7) is 2.50. The number of carbonyl (C=O) groups is 1. The van der Waals surface area contributed by atoms with Gasteiger partial charge in [0.15, 0.2) is 0 Å². The minimum absolute atomic E-state index is 0.181. The largest absolute Gasteiger partial charge is 0.496 e. The predicted molar refractivity (Wildman–Crippen MR) is 74.5 cm³/mol. The third kappa shape index (κ3) is 2.62. The number of benzene rings is 1. The highest BCUT2D eigenvalue weighted by molar-refractivity contribution is 5.94. The van der Waals surface area contributed by atoms with Gasteiger partial charge >= 0.3 is 0 Å². The van der Waals surface area contributed by atoms with Gasteiger partial charge in [-0.3, -0.25) is 4.79 Å². The number of hydrogen-bond donors (Lipinski definition) is 2. The molecule has 0 saturated carbocycles. The Kier molecular flexibility index (Phi) is 3.84. The highest BCUT2D eigenvalue weighted by Crippen LogP contribution is 2.27. The van der Waals surface area contributed by atoms with Gasteiger partial charge in [-0.1, -0.05) is 0 Å². The summed E-state index contributed by atoms with van der Waals surface area (Å²) in [6, 6.07) is 5.04. The van der Waals surface area contributed by atoms with E-state index < -0.39 is 6.10 Å². The van der Waals surface area contributed by atoms with Gasteiger partial charge in [0.25, 0.3) is 5.91 Å². The molecule has 0 bridgehead atoms. The Morgan fingerprint density at radius 3 is 2.81 bits per heavy atom. The molecule has 2 heterocycles. The summed E-state index contributed by atoms with van der Waals surface area (Å²) in [4.78, 5) is 12.3. The number of aryl methyl sites for hydroxylation is 1. The second kappa shape index (κ2) is 5.63. The topological polar surface area (TPSA) is 77.0 Å². The minimum atomic E-state index is -0.611. The van der Waals surface area contributed by atoms with Gasteiger partial charge in [-0.2, -0.15) is 0 Å². The van der Waals surface area contributed by atoms with Gasteiger partial charge in [-0.25, -0.2) is 0 Å². The van der Waals surface area contributed by atoms with E-state index in [9.17, 15) is 9.90 Å². The Morgan fingerprint density at radius 1 is 1.33 bits per heavy atom. The van der Waals surface area contributed by atoms with E-state index in [0.29, 0.717) is 12.2 Å². The Hall–Kier alpha value is -1.63. The number of aliphatic hydroxyl groups excluding tert-OH is 1. The van der Waals surface area contributed by atoms with Crippen molar-refractivity contribution in [1.29, 1.82) is 0 Å². The lowest BCUT2D eigenvalue weighted by Gasteiger charge is -2.17. The Balaban J connectivity index is 1.68. The molecule has 2 aliphatic heterocycles. The zero-order valence-corrected chi connectivity index (χ0v) is 12.0. The van der Waals surface area contributed by atoms with Gasteiger partial charge in [0.2, 0.25) is 0 Å². The van der Waals surface area contributed by atoms with Crippen molar-refractivity contribution in [2.45, 2.75) is 31.3 Å². The van der Waals surface area contributed by atoms with Gasteiger partial charge < -0.3 is 24.6 Å². The summed E-state index contributed by atoms with van der Waals surface area (Å²) in [7, 11) is 1.60. The zero-order valence-electron chi connectivity index (χ0n) is 12.0. The van der Waals surface area contributed by atoms with Crippen LogP contribution < -0.4 is 10.1 Å². The Bertz CT molecular complexity index is 547. The Morgan fingerprint density at radius 2 is 2.10 bits per heavy atom. The maximum absolute atomic E-state index is 12.3. The van der Waals surface area contributed by atoms with Crippen LogP contribution in [0.25, 0.3) is 0 Å². The van der Waals surface area contributed by atoms with Crippen molar-refractivity contribution in [1.82, 2.24) is 5.32 Å². The third-order valence-corrected chi connectivity index (χ3v) is 4.00. The summed E-state index contributed by atoms with van der Waals surface area (Å²) < 4.78 is 16.2. The molecule has 2 N–H and O–H groups in total. The molecule has 2 aliphatic rings. The van der Waals surface area contributed by atoms with Gasteiger partial charge in [0.1, 0.15) is 24.1 Å². The van der Waals surface area contributed by atoms with Gasteiger partial charge in [-0.15, -0.1) is 0 Å². The standard InChI is InChI=1S/C15H19NO5/c1-8-5-9(3-4-12(8)19-2)15(18)16-10-6-20-14-11(17)7-21-13(10)14/h3-5,10-11,13-14,17H,6-7H2,1-2H3,(H,16,18)/t10-,11-,13-,14-/m1/s1. The molecule has 1 aromatic carbocycles. The summed E-state index contributed by atoms with van der Waals surface area (Å²) in [5, 5.41) is 12.6. The molecule has 4 atom stereocenters. The number of nitrogens with one attached hydrogen (secondary N) is 1. The van der Waals surface area contributed by atoms with Crippen LogP contribution >= 0.6 is 0 Å². The molecule has 1 aromatic rings. The van der Waals surface area contributed by atoms with E-state index in [1.165, 1.54) is 0 Å². The molecule has 0 aliphatic carbocycles. The van der Waals surface area contributed by atoms with E-state index in [2.05, 4.69) is 5.32 Å². The van der Waals surface area contributed by atoms with Crippen LogP contribution in [0, 0.1) is 6.92 Å². The highest BCUT2D eigenvalue weighted by atomic mass is 16.6. The molecule has 2 fully saturated rings. The smallest absolute Gasteiger partial charge is 0.251 e. The normalized spacial score (nSPS) is 31.0. The SMILES string of the molecule is COc1ccc(C(=O)N[C@@H]2CO[C@H]3[C@@H]2OC[C@H]3O)cc1C. The number of fused-ring (bicyclic) bond motifs is 1. The first-order valence-corrected chi connectivity index (χ1v) is 6.97. The van der Waals surface area contributed by atoms with Crippen LogP contribution in [0.3, 0.4) is 0 Å². The van der Waals surface area contributed by atoms with Crippen LogP contribution in [0.2, 0.25) is 0 Å². The number of amides is 1. The molecule has 0 spiro atoms. The molecule has 6 nitrogen and oxygen atoms in total. The zero-order chi connectivity index (χ0) is 15.0. The van der Waals surface area contributed by atoms with Crippen LogP contribution in [-0.4, -0.2) is 55.7 Å². The lowest BCUT2D eigenvalue weighted by atomic mass is 10.1. The number of hydrogen-bond acceptors (Lipinski definition) is 5. The number of methoxy groups -OCH3 is 1. The molecule has 0 aromatic heterocycles. The lowest BCUT2D eigenvalue weighted by molar-refractivity contribution is 0.0178. The molecule has 114 valence electrons. The van der Waals surface area contributed by atoms with Crippen molar-refractivity contribution < 1.29 is 24.1 Å². The summed E-state index contributed by atoms with van der Waals surface area (Å²) in [6.07, 6.45) is -1.23. The number of aliphatic hydroxyl groups is 1. The second-order valence-electron chi connectivity index (χ2n) is 5.43. The van der Waals surface area contributed by atoms with E-state index in [-0.39, 0.29) is 30.8 Å². The maximum Gasteiger partial charge on any atom is 0.251 e. The maximum atomic E-state index is 12.3. The fourth-order valence-corrected chi connectivity index (χ4v) is 2.87. The van der Waals surface area contributed by atoms with Crippen LogP contribution in [0.15, 0.2) is 18.2 Å². The fourth-order valence-electron chi connectivity index (χ4n) is 2.87. The van der Waals surface area contributed by atoms with Gasteiger partial charge in [0, 0.05) is 5.56 Å². The van der Waals surface area contributed by atoms with Gasteiger partial charge in [0.05, 0.1) is 26.4 Å². The van der Waals surface area contributed by atoms with Crippen LogP contribution in [0.5, 0.6) is 5.75 Å². The first-order chi connectivity index (χ1) is 10.1. The predicted octanol–water partition coefficient (Wildman–Crippen LogP) is 0.261. The molecule has 0 radical (unpaired) electrons. The molecule has 0 unspecified atom stereocenters. The third-order valence-electron chi connectivity index (χ3n) is 4.00. The van der Waals surface area contributed by atoms with Crippen LogP contribution in [0.1, 0.15) is 15.9 Å². The average molecular weight is 293 g/mol. The minimum Gasteiger partial charge on any atom is -0.496 e. The van der Waals surface area contributed by atoms with Crippen molar-refractivity contribution in [3.63, 3.8) is 0 Å². The summed E-state index contributed by atoms with van der Waals surface area (Å²) >= 11 is 0. The lowest BCUT2D eigenvalue weighted by Crippen LogP contribution is -2.44. The molecule has 21 heavy (non-hydrogen) atoms. The summed E-state index contributed by atoms with van der Waals surface area (Å²) in [5.41, 5.74) is 1.47. The second-order valence-corrected chi connectivity index (χ2v) is 5.43.